The Labute approximate surface area is 117 Å². The van der Waals surface area contributed by atoms with Crippen LogP contribution >= 0.6 is 0 Å². The van der Waals surface area contributed by atoms with E-state index in [0.717, 1.165) is 5.69 Å². The molecule has 1 heterocycles. The van der Waals surface area contributed by atoms with E-state index in [2.05, 4.69) is 5.32 Å². The van der Waals surface area contributed by atoms with Crippen LogP contribution in [-0.2, 0) is 9.59 Å². The monoisotopic (exact) mass is 278 g/mol. The molecule has 0 saturated carbocycles. The average molecular weight is 278 g/mol. The van der Waals surface area contributed by atoms with Gasteiger partial charge in [-0.05, 0) is 18.6 Å². The molecule has 2 rings (SSSR count). The van der Waals surface area contributed by atoms with Crippen molar-refractivity contribution in [3.05, 3.63) is 18.2 Å². The first-order valence-electron chi connectivity index (χ1n) is 6.35. The lowest BCUT2D eigenvalue weighted by Crippen LogP contribution is -2.51. The lowest BCUT2D eigenvalue weighted by molar-refractivity contribution is -0.134. The highest BCUT2D eigenvalue weighted by Crippen LogP contribution is 2.33. The van der Waals surface area contributed by atoms with Crippen LogP contribution in [0.5, 0.6) is 11.5 Å². The third kappa shape index (κ3) is 2.68. The second-order valence-corrected chi connectivity index (χ2v) is 4.62. The molecular formula is C14H18N2O4. The van der Waals surface area contributed by atoms with E-state index in [1.165, 1.54) is 0 Å². The van der Waals surface area contributed by atoms with Crippen molar-refractivity contribution in [2.75, 3.05) is 26.2 Å². The maximum atomic E-state index is 11.9. The Bertz CT molecular complexity index is 530. The molecule has 1 aliphatic rings. The summed E-state index contributed by atoms with van der Waals surface area (Å²) in [4.78, 5) is 24.9. The van der Waals surface area contributed by atoms with Crippen LogP contribution in [0.2, 0.25) is 0 Å². The van der Waals surface area contributed by atoms with E-state index in [9.17, 15) is 9.59 Å². The van der Waals surface area contributed by atoms with Crippen LogP contribution in [0, 0.1) is 0 Å². The molecule has 1 N–H and O–H groups in total. The quantitative estimate of drug-likeness (QED) is 0.830. The van der Waals surface area contributed by atoms with Crippen molar-refractivity contribution >= 4 is 17.5 Å². The number of carbonyl (C=O) groups is 2. The van der Waals surface area contributed by atoms with Gasteiger partial charge in [-0.2, -0.15) is 0 Å². The summed E-state index contributed by atoms with van der Waals surface area (Å²) in [6, 6.07) is 5.02. The standard InChI is InChI=1S/C14H18N2O4/c1-16(11-6-7-13(17)15-14(11)18)10-5-4-9(19-2)8-12(10)20-3/h4-5,8,11H,6-7H2,1-3H3,(H,15,17,18). The van der Waals surface area contributed by atoms with Gasteiger partial charge in [-0.1, -0.05) is 0 Å². The first-order valence-corrected chi connectivity index (χ1v) is 6.35. The van der Waals surface area contributed by atoms with Gasteiger partial charge in [0.1, 0.15) is 17.5 Å². The number of methoxy groups -OCH3 is 2. The van der Waals surface area contributed by atoms with E-state index in [-0.39, 0.29) is 17.9 Å². The molecule has 1 aromatic carbocycles. The Balaban J connectivity index is 2.26. The fraction of sp³-hybridized carbons (Fsp3) is 0.429. The smallest absolute Gasteiger partial charge is 0.249 e. The minimum Gasteiger partial charge on any atom is -0.497 e. The molecule has 2 amide bonds. The van der Waals surface area contributed by atoms with Crippen LogP contribution in [0.3, 0.4) is 0 Å². The third-order valence-corrected chi connectivity index (χ3v) is 3.44. The number of benzene rings is 1. The zero-order valence-corrected chi connectivity index (χ0v) is 11.8. The molecule has 0 aliphatic carbocycles. The minimum atomic E-state index is -0.380. The average Bonchev–Trinajstić information content (AvgIpc) is 2.46. The van der Waals surface area contributed by atoms with Gasteiger partial charge in [-0.15, -0.1) is 0 Å². The van der Waals surface area contributed by atoms with Gasteiger partial charge in [-0.3, -0.25) is 14.9 Å². The molecule has 1 saturated heterocycles. The Kier molecular flexibility index (Phi) is 4.12. The van der Waals surface area contributed by atoms with Crippen LogP contribution in [0.1, 0.15) is 12.8 Å². The number of amides is 2. The highest BCUT2D eigenvalue weighted by Gasteiger charge is 2.31. The van der Waals surface area contributed by atoms with Crippen LogP contribution in [-0.4, -0.2) is 39.1 Å². The number of hydrogen-bond donors (Lipinski definition) is 1. The number of carbonyl (C=O) groups excluding carboxylic acids is 2. The summed E-state index contributed by atoms with van der Waals surface area (Å²) >= 11 is 0. The first kappa shape index (κ1) is 14.2. The van der Waals surface area contributed by atoms with Gasteiger partial charge in [0.15, 0.2) is 0 Å². The number of ether oxygens (including phenoxy) is 2. The van der Waals surface area contributed by atoms with E-state index in [1.54, 1.807) is 26.4 Å². The van der Waals surface area contributed by atoms with Gasteiger partial charge < -0.3 is 14.4 Å². The zero-order valence-electron chi connectivity index (χ0n) is 11.8. The molecule has 108 valence electrons. The van der Waals surface area contributed by atoms with Crippen molar-refractivity contribution in [2.45, 2.75) is 18.9 Å². The number of hydrogen-bond acceptors (Lipinski definition) is 5. The van der Waals surface area contributed by atoms with Crippen LogP contribution < -0.4 is 19.7 Å². The SMILES string of the molecule is COc1ccc(N(C)C2CCC(=O)NC2=O)c(OC)c1. The van der Waals surface area contributed by atoms with Gasteiger partial charge >= 0.3 is 0 Å². The molecule has 6 heteroatoms. The van der Waals surface area contributed by atoms with E-state index in [0.29, 0.717) is 24.3 Å². The Morgan fingerprint density at radius 1 is 1.25 bits per heavy atom. The fourth-order valence-electron chi connectivity index (χ4n) is 2.30. The molecule has 1 atom stereocenters. The summed E-state index contributed by atoms with van der Waals surface area (Å²) in [6.07, 6.45) is 0.843. The van der Waals surface area contributed by atoms with Crippen LogP contribution in [0.25, 0.3) is 0 Å². The first-order chi connectivity index (χ1) is 9.56. The number of likely N-dealkylation sites (N-methyl/N-ethyl adjacent to an activating group) is 1. The van der Waals surface area contributed by atoms with Gasteiger partial charge in [0.2, 0.25) is 11.8 Å². The summed E-state index contributed by atoms with van der Waals surface area (Å²) in [6.45, 7) is 0. The molecule has 1 unspecified atom stereocenters. The van der Waals surface area contributed by atoms with Crippen molar-refractivity contribution in [1.82, 2.24) is 5.32 Å². The van der Waals surface area contributed by atoms with E-state index < -0.39 is 0 Å². The van der Waals surface area contributed by atoms with E-state index in [1.807, 2.05) is 18.0 Å². The van der Waals surface area contributed by atoms with Crippen LogP contribution in [0.4, 0.5) is 5.69 Å². The number of imide groups is 1. The van der Waals surface area contributed by atoms with Gasteiger partial charge in [0.05, 0.1) is 19.9 Å². The van der Waals surface area contributed by atoms with Crippen molar-refractivity contribution in [2.24, 2.45) is 0 Å². The molecule has 1 aromatic rings. The predicted molar refractivity (Wildman–Crippen MR) is 74.1 cm³/mol. The van der Waals surface area contributed by atoms with Crippen molar-refractivity contribution in [3.63, 3.8) is 0 Å². The molecule has 0 aromatic heterocycles. The third-order valence-electron chi connectivity index (χ3n) is 3.44. The minimum absolute atomic E-state index is 0.221. The highest BCUT2D eigenvalue weighted by atomic mass is 16.5. The number of nitrogens with zero attached hydrogens (tertiary/aromatic N) is 1. The molecular weight excluding hydrogens is 260 g/mol. The Hall–Kier alpha value is -2.24. The molecule has 1 fully saturated rings. The van der Waals surface area contributed by atoms with E-state index >= 15 is 0 Å². The summed E-state index contributed by atoms with van der Waals surface area (Å²) in [7, 11) is 4.96. The topological polar surface area (TPSA) is 67.9 Å². The van der Waals surface area contributed by atoms with Crippen molar-refractivity contribution < 1.29 is 19.1 Å². The number of nitrogens with one attached hydrogen (secondary N) is 1. The molecule has 0 spiro atoms. The van der Waals surface area contributed by atoms with Gasteiger partial charge in [0.25, 0.3) is 0 Å². The molecule has 1 aliphatic heterocycles. The lowest BCUT2D eigenvalue weighted by atomic mass is 10.0. The van der Waals surface area contributed by atoms with Crippen molar-refractivity contribution in [3.8, 4) is 11.5 Å². The zero-order chi connectivity index (χ0) is 14.7. The van der Waals surface area contributed by atoms with E-state index in [4.69, 9.17) is 9.47 Å². The van der Waals surface area contributed by atoms with Crippen molar-refractivity contribution in [1.29, 1.82) is 0 Å². The Morgan fingerprint density at radius 3 is 2.60 bits per heavy atom. The molecule has 20 heavy (non-hydrogen) atoms. The fourth-order valence-corrected chi connectivity index (χ4v) is 2.30. The maximum absolute atomic E-state index is 11.9. The van der Waals surface area contributed by atoms with Crippen LogP contribution in [0.15, 0.2) is 18.2 Å². The number of rotatable bonds is 4. The summed E-state index contributed by atoms with van der Waals surface area (Å²) in [5, 5.41) is 2.36. The summed E-state index contributed by atoms with van der Waals surface area (Å²) < 4.78 is 10.5. The molecule has 0 bridgehead atoms. The second kappa shape index (κ2) is 5.81. The van der Waals surface area contributed by atoms with Gasteiger partial charge in [0, 0.05) is 19.5 Å². The number of piperidine rings is 1. The highest BCUT2D eigenvalue weighted by molar-refractivity contribution is 6.01. The lowest BCUT2D eigenvalue weighted by Gasteiger charge is -2.32. The maximum Gasteiger partial charge on any atom is 0.249 e. The second-order valence-electron chi connectivity index (χ2n) is 4.62. The normalized spacial score (nSPS) is 18.4. The largest absolute Gasteiger partial charge is 0.497 e. The Morgan fingerprint density at radius 2 is 2.00 bits per heavy atom. The summed E-state index contributed by atoms with van der Waals surface area (Å²) in [5.74, 6) is 0.807. The summed E-state index contributed by atoms with van der Waals surface area (Å²) in [5.41, 5.74) is 0.780. The molecule has 6 nitrogen and oxygen atoms in total. The van der Waals surface area contributed by atoms with Gasteiger partial charge in [-0.25, -0.2) is 0 Å². The number of anilines is 1. The molecule has 0 radical (unpaired) electrons. The predicted octanol–water partition coefficient (Wildman–Crippen LogP) is 0.945.